The Kier molecular flexibility index (Phi) is 10.4. The predicted octanol–water partition coefficient (Wildman–Crippen LogP) is 5.60. The number of hydrogen-bond acceptors (Lipinski definition) is 3. The molecule has 0 saturated heterocycles. The molecule has 31 heavy (non-hydrogen) atoms. The Hall–Kier alpha value is -1.98. The van der Waals surface area contributed by atoms with E-state index in [4.69, 9.17) is 11.6 Å². The molecule has 2 aromatic rings. The van der Waals surface area contributed by atoms with Crippen LogP contribution in [0.5, 0.6) is 0 Å². The van der Waals surface area contributed by atoms with Crippen LogP contribution in [0.15, 0.2) is 48.5 Å². The third kappa shape index (κ3) is 7.89. The van der Waals surface area contributed by atoms with Crippen LogP contribution >= 0.6 is 23.4 Å². The minimum Gasteiger partial charge on any atom is -0.352 e. The molecule has 2 rings (SSSR count). The maximum absolute atomic E-state index is 13.2. The number of nitrogens with one attached hydrogen (secondary N) is 1. The van der Waals surface area contributed by atoms with Crippen molar-refractivity contribution >= 4 is 35.2 Å². The number of benzene rings is 2. The van der Waals surface area contributed by atoms with Crippen LogP contribution in [0.1, 0.15) is 50.3 Å². The third-order valence-electron chi connectivity index (χ3n) is 5.30. The SMILES string of the molecule is CC[C@@H](C)NC(=O)[C@@H](CC)N(Cc1ccc(C)cc1)C(=O)CSCc1ccccc1Cl. The molecular formula is C25H33ClN2O2S. The number of rotatable bonds is 11. The van der Waals surface area contributed by atoms with Gasteiger partial charge in [-0.25, -0.2) is 0 Å². The van der Waals surface area contributed by atoms with E-state index in [1.807, 2.05) is 76.2 Å². The first kappa shape index (κ1) is 25.3. The summed E-state index contributed by atoms with van der Waals surface area (Å²) >= 11 is 7.76. The van der Waals surface area contributed by atoms with Gasteiger partial charge < -0.3 is 10.2 Å². The molecule has 2 atom stereocenters. The number of carbonyl (C=O) groups is 2. The van der Waals surface area contributed by atoms with Gasteiger partial charge in [0.2, 0.25) is 11.8 Å². The normalized spacial score (nSPS) is 12.8. The third-order valence-corrected chi connectivity index (χ3v) is 6.64. The van der Waals surface area contributed by atoms with Crippen molar-refractivity contribution in [2.75, 3.05) is 5.75 Å². The van der Waals surface area contributed by atoms with Crippen LogP contribution in [-0.4, -0.2) is 34.6 Å². The highest BCUT2D eigenvalue weighted by Gasteiger charge is 2.29. The highest BCUT2D eigenvalue weighted by molar-refractivity contribution is 7.99. The largest absolute Gasteiger partial charge is 0.352 e. The predicted molar refractivity (Wildman–Crippen MR) is 131 cm³/mol. The topological polar surface area (TPSA) is 49.4 Å². The lowest BCUT2D eigenvalue weighted by Gasteiger charge is -2.31. The molecule has 2 aromatic carbocycles. The van der Waals surface area contributed by atoms with Crippen molar-refractivity contribution in [3.63, 3.8) is 0 Å². The van der Waals surface area contributed by atoms with Crippen molar-refractivity contribution in [3.05, 3.63) is 70.2 Å². The van der Waals surface area contributed by atoms with Crippen molar-refractivity contribution < 1.29 is 9.59 Å². The summed E-state index contributed by atoms with van der Waals surface area (Å²) in [6.07, 6.45) is 1.41. The van der Waals surface area contributed by atoms with E-state index < -0.39 is 6.04 Å². The number of nitrogens with zero attached hydrogens (tertiary/aromatic N) is 1. The standard InChI is InChI=1S/C25H33ClN2O2S/c1-5-19(4)27-25(30)23(6-2)28(15-20-13-11-18(3)12-14-20)24(29)17-31-16-21-9-7-8-10-22(21)26/h7-14,19,23H,5-6,15-17H2,1-4H3,(H,27,30)/t19-,23-/m1/s1. The average molecular weight is 461 g/mol. The zero-order valence-electron chi connectivity index (χ0n) is 18.9. The molecule has 0 fully saturated rings. The first-order valence-corrected chi connectivity index (χ1v) is 12.4. The van der Waals surface area contributed by atoms with Gasteiger partial charge in [0.15, 0.2) is 0 Å². The monoisotopic (exact) mass is 460 g/mol. The number of aryl methyl sites for hydroxylation is 1. The fourth-order valence-electron chi connectivity index (χ4n) is 3.20. The fourth-order valence-corrected chi connectivity index (χ4v) is 4.39. The second-order valence-corrected chi connectivity index (χ2v) is 9.23. The maximum atomic E-state index is 13.2. The summed E-state index contributed by atoms with van der Waals surface area (Å²) in [5, 5.41) is 3.75. The summed E-state index contributed by atoms with van der Waals surface area (Å²) < 4.78 is 0. The van der Waals surface area contributed by atoms with E-state index in [0.29, 0.717) is 29.5 Å². The summed E-state index contributed by atoms with van der Waals surface area (Å²) in [5.74, 6) is 0.821. The van der Waals surface area contributed by atoms with Crippen molar-refractivity contribution in [1.82, 2.24) is 10.2 Å². The molecule has 0 spiro atoms. The Balaban J connectivity index is 2.14. The minimum absolute atomic E-state index is 0.0382. The minimum atomic E-state index is -0.497. The van der Waals surface area contributed by atoms with Gasteiger partial charge >= 0.3 is 0 Å². The van der Waals surface area contributed by atoms with E-state index in [0.717, 1.165) is 17.5 Å². The number of amides is 2. The summed E-state index contributed by atoms with van der Waals surface area (Å²) in [4.78, 5) is 27.9. The highest BCUT2D eigenvalue weighted by Crippen LogP contribution is 2.22. The Labute approximate surface area is 195 Å². The smallest absolute Gasteiger partial charge is 0.243 e. The zero-order chi connectivity index (χ0) is 22.8. The number of halogens is 1. The molecule has 168 valence electrons. The fraction of sp³-hybridized carbons (Fsp3) is 0.440. The van der Waals surface area contributed by atoms with E-state index in [-0.39, 0.29) is 17.9 Å². The molecule has 0 aliphatic carbocycles. The molecule has 0 saturated carbocycles. The van der Waals surface area contributed by atoms with Crippen molar-refractivity contribution in [1.29, 1.82) is 0 Å². The van der Waals surface area contributed by atoms with Crippen molar-refractivity contribution in [3.8, 4) is 0 Å². The molecule has 0 aliphatic rings. The second kappa shape index (κ2) is 12.8. The molecule has 0 heterocycles. The molecule has 2 amide bonds. The van der Waals surface area contributed by atoms with E-state index >= 15 is 0 Å². The highest BCUT2D eigenvalue weighted by atomic mass is 35.5. The van der Waals surface area contributed by atoms with Crippen molar-refractivity contribution in [2.24, 2.45) is 0 Å². The van der Waals surface area contributed by atoms with Gasteiger partial charge in [0, 0.05) is 23.4 Å². The van der Waals surface area contributed by atoms with Crippen LogP contribution in [0.25, 0.3) is 0 Å². The summed E-state index contributed by atoms with van der Waals surface area (Å²) in [7, 11) is 0. The molecule has 0 aromatic heterocycles. The molecular weight excluding hydrogens is 428 g/mol. The van der Waals surface area contributed by atoms with Gasteiger partial charge in [-0.15, -0.1) is 11.8 Å². The lowest BCUT2D eigenvalue weighted by Crippen LogP contribution is -2.51. The van der Waals surface area contributed by atoms with Crippen LogP contribution < -0.4 is 5.32 Å². The number of thioether (sulfide) groups is 1. The maximum Gasteiger partial charge on any atom is 0.243 e. The Morgan fingerprint density at radius 1 is 1.06 bits per heavy atom. The van der Waals surface area contributed by atoms with Crippen LogP contribution in [0.3, 0.4) is 0 Å². The quantitative estimate of drug-likeness (QED) is 0.474. The van der Waals surface area contributed by atoms with Crippen molar-refractivity contribution in [2.45, 2.75) is 64.9 Å². The lowest BCUT2D eigenvalue weighted by atomic mass is 10.1. The summed E-state index contributed by atoms with van der Waals surface area (Å²) in [5.41, 5.74) is 3.19. The molecule has 0 bridgehead atoms. The Morgan fingerprint density at radius 2 is 1.74 bits per heavy atom. The van der Waals surface area contributed by atoms with Gasteiger partial charge in [0.1, 0.15) is 6.04 Å². The van der Waals surface area contributed by atoms with E-state index in [1.165, 1.54) is 17.3 Å². The van der Waals surface area contributed by atoms with Gasteiger partial charge in [-0.3, -0.25) is 9.59 Å². The number of hydrogen-bond donors (Lipinski definition) is 1. The van der Waals surface area contributed by atoms with Gasteiger partial charge in [0.25, 0.3) is 0 Å². The van der Waals surface area contributed by atoms with E-state index in [1.54, 1.807) is 4.90 Å². The van der Waals surface area contributed by atoms with E-state index in [9.17, 15) is 9.59 Å². The summed E-state index contributed by atoms with van der Waals surface area (Å²) in [6.45, 7) is 8.42. The van der Waals surface area contributed by atoms with Crippen LogP contribution in [0, 0.1) is 6.92 Å². The van der Waals surface area contributed by atoms with Gasteiger partial charge in [-0.2, -0.15) is 0 Å². The molecule has 0 aliphatic heterocycles. The first-order valence-electron chi connectivity index (χ1n) is 10.8. The number of carbonyl (C=O) groups excluding carboxylic acids is 2. The first-order chi connectivity index (χ1) is 14.8. The molecule has 4 nitrogen and oxygen atoms in total. The van der Waals surface area contributed by atoms with E-state index in [2.05, 4.69) is 5.32 Å². The summed E-state index contributed by atoms with van der Waals surface area (Å²) in [6, 6.07) is 15.3. The van der Waals surface area contributed by atoms with Gasteiger partial charge in [0.05, 0.1) is 5.75 Å². The Bertz CT molecular complexity index is 857. The molecule has 0 unspecified atom stereocenters. The zero-order valence-corrected chi connectivity index (χ0v) is 20.4. The van der Waals surface area contributed by atoms with Crippen LogP contribution in [0.4, 0.5) is 0 Å². The van der Waals surface area contributed by atoms with Gasteiger partial charge in [-0.05, 0) is 43.9 Å². The molecule has 6 heteroatoms. The average Bonchev–Trinajstić information content (AvgIpc) is 2.76. The second-order valence-electron chi connectivity index (χ2n) is 7.83. The molecule has 1 N–H and O–H groups in total. The Morgan fingerprint density at radius 3 is 2.35 bits per heavy atom. The van der Waals surface area contributed by atoms with Crippen LogP contribution in [-0.2, 0) is 21.9 Å². The van der Waals surface area contributed by atoms with Crippen LogP contribution in [0.2, 0.25) is 5.02 Å². The van der Waals surface area contributed by atoms with Gasteiger partial charge in [-0.1, -0.05) is 73.5 Å². The lowest BCUT2D eigenvalue weighted by molar-refractivity contribution is -0.139. The molecule has 0 radical (unpaired) electrons.